The van der Waals surface area contributed by atoms with E-state index in [-0.39, 0.29) is 5.56 Å². The third-order valence-electron chi connectivity index (χ3n) is 5.82. The molecule has 27 heavy (non-hydrogen) atoms. The largest absolute Gasteiger partial charge is 0.306 e. The van der Waals surface area contributed by atoms with E-state index in [2.05, 4.69) is 29.5 Å². The van der Waals surface area contributed by atoms with Gasteiger partial charge < -0.3 is 4.98 Å². The van der Waals surface area contributed by atoms with Crippen LogP contribution in [0.5, 0.6) is 0 Å². The van der Waals surface area contributed by atoms with Crippen molar-refractivity contribution in [2.45, 2.75) is 39.2 Å². The van der Waals surface area contributed by atoms with Crippen molar-refractivity contribution < 1.29 is 0 Å². The highest BCUT2D eigenvalue weighted by Gasteiger charge is 2.23. The first-order chi connectivity index (χ1) is 13.1. The number of benzene rings is 1. The third-order valence-corrected chi connectivity index (χ3v) is 5.82. The van der Waals surface area contributed by atoms with Crippen LogP contribution in [0.4, 0.5) is 0 Å². The summed E-state index contributed by atoms with van der Waals surface area (Å²) in [4.78, 5) is 22.8. The van der Waals surface area contributed by atoms with Gasteiger partial charge in [-0.05, 0) is 32.1 Å². The monoisotopic (exact) mass is 361 g/mol. The molecule has 1 aliphatic carbocycles. The molecule has 0 radical (unpaired) electrons. The van der Waals surface area contributed by atoms with E-state index >= 15 is 0 Å². The number of aromatic nitrogens is 2. The van der Waals surface area contributed by atoms with Crippen LogP contribution in [-0.2, 0) is 13.0 Å². The molecule has 0 saturated heterocycles. The highest BCUT2D eigenvalue weighted by molar-refractivity contribution is 5.54. The van der Waals surface area contributed by atoms with Crippen molar-refractivity contribution >= 4 is 0 Å². The van der Waals surface area contributed by atoms with Crippen molar-refractivity contribution in [3.63, 3.8) is 0 Å². The maximum absolute atomic E-state index is 12.7. The zero-order valence-corrected chi connectivity index (χ0v) is 16.0. The Morgan fingerprint density at radius 2 is 2.11 bits per heavy atom. The van der Waals surface area contributed by atoms with Gasteiger partial charge >= 0.3 is 0 Å². The van der Waals surface area contributed by atoms with E-state index in [0.717, 1.165) is 49.2 Å². The third kappa shape index (κ3) is 3.96. The number of fused-ring (bicyclic) bond motifs is 1. The van der Waals surface area contributed by atoms with E-state index in [1.54, 1.807) is 0 Å². The molecule has 140 valence electrons. The predicted molar refractivity (Wildman–Crippen MR) is 110 cm³/mol. The minimum Gasteiger partial charge on any atom is -0.306 e. The molecular weight excluding hydrogens is 334 g/mol. The Bertz CT molecular complexity index is 926. The summed E-state index contributed by atoms with van der Waals surface area (Å²) < 4.78 is 0. The van der Waals surface area contributed by atoms with Gasteiger partial charge in [-0.25, -0.2) is 4.98 Å². The van der Waals surface area contributed by atoms with Gasteiger partial charge in [0.25, 0.3) is 5.56 Å². The molecule has 2 aromatic rings. The van der Waals surface area contributed by atoms with Gasteiger partial charge in [0.05, 0.1) is 11.3 Å². The summed E-state index contributed by atoms with van der Waals surface area (Å²) in [6.45, 7) is 8.84. The summed E-state index contributed by atoms with van der Waals surface area (Å²) in [5.41, 5.74) is 5.54. The Labute approximate surface area is 160 Å². The first kappa shape index (κ1) is 17.9. The molecule has 1 unspecified atom stereocenters. The molecule has 4 heteroatoms. The average Bonchev–Trinajstić information content (AvgIpc) is 2.69. The standard InChI is InChI=1S/C23H27N3O/c1-16(2)18-10-8-17(9-11-18)14-26-13-12-21-20(15-26)23(27)25-22(24-21)19-6-4-3-5-7-19/h3-8,18H,1,9-15H2,2H3,(H,24,25,27). The summed E-state index contributed by atoms with van der Waals surface area (Å²) in [7, 11) is 0. The maximum Gasteiger partial charge on any atom is 0.255 e. The summed E-state index contributed by atoms with van der Waals surface area (Å²) in [6.07, 6.45) is 6.67. The Balaban J connectivity index is 1.48. The second kappa shape index (κ2) is 7.65. The van der Waals surface area contributed by atoms with Gasteiger partial charge in [-0.15, -0.1) is 0 Å². The molecule has 1 atom stereocenters. The van der Waals surface area contributed by atoms with E-state index in [4.69, 9.17) is 4.98 Å². The molecule has 2 heterocycles. The molecular formula is C23H27N3O. The molecule has 4 nitrogen and oxygen atoms in total. The van der Waals surface area contributed by atoms with Gasteiger partial charge in [-0.1, -0.05) is 54.1 Å². The summed E-state index contributed by atoms with van der Waals surface area (Å²) in [6, 6.07) is 9.86. The lowest BCUT2D eigenvalue weighted by molar-refractivity contribution is 0.266. The van der Waals surface area contributed by atoms with E-state index in [1.165, 1.54) is 17.6 Å². The summed E-state index contributed by atoms with van der Waals surface area (Å²) >= 11 is 0. The number of rotatable bonds is 4. The molecule has 4 rings (SSSR count). The van der Waals surface area contributed by atoms with Crippen molar-refractivity contribution in [1.29, 1.82) is 0 Å². The number of nitrogens with zero attached hydrogens (tertiary/aromatic N) is 2. The van der Waals surface area contributed by atoms with E-state index in [0.29, 0.717) is 18.3 Å². The molecule has 1 aromatic carbocycles. The lowest BCUT2D eigenvalue weighted by Gasteiger charge is -2.30. The SMILES string of the molecule is C=C(C)C1CC=C(CN2CCc3nc(-c4ccccc4)[nH]c(=O)c3C2)CC1. The van der Waals surface area contributed by atoms with E-state index in [1.807, 2.05) is 30.3 Å². The van der Waals surface area contributed by atoms with Gasteiger partial charge in [-0.3, -0.25) is 9.69 Å². The van der Waals surface area contributed by atoms with Crippen LogP contribution in [0.3, 0.4) is 0 Å². The highest BCUT2D eigenvalue weighted by Crippen LogP contribution is 2.29. The lowest BCUT2D eigenvalue weighted by Crippen LogP contribution is -2.37. The fourth-order valence-electron chi connectivity index (χ4n) is 4.12. The number of hydrogen-bond acceptors (Lipinski definition) is 3. The van der Waals surface area contributed by atoms with Gasteiger partial charge in [0, 0.05) is 31.6 Å². The number of hydrogen-bond donors (Lipinski definition) is 1. The second-order valence-corrected chi connectivity index (χ2v) is 7.85. The van der Waals surface area contributed by atoms with Crippen LogP contribution < -0.4 is 5.56 Å². The molecule has 1 N–H and O–H groups in total. The van der Waals surface area contributed by atoms with Gasteiger partial charge in [0.2, 0.25) is 0 Å². The molecule has 0 bridgehead atoms. The zero-order valence-electron chi connectivity index (χ0n) is 16.0. The molecule has 0 spiro atoms. The molecule has 1 aromatic heterocycles. The first-order valence-electron chi connectivity index (χ1n) is 9.83. The quantitative estimate of drug-likeness (QED) is 0.834. The van der Waals surface area contributed by atoms with Gasteiger partial charge in [0.15, 0.2) is 0 Å². The highest BCUT2D eigenvalue weighted by atomic mass is 16.1. The Morgan fingerprint density at radius 3 is 2.81 bits per heavy atom. The predicted octanol–water partition coefficient (Wildman–Crippen LogP) is 4.10. The van der Waals surface area contributed by atoms with E-state index < -0.39 is 0 Å². The van der Waals surface area contributed by atoms with Crippen LogP contribution >= 0.6 is 0 Å². The zero-order chi connectivity index (χ0) is 18.8. The van der Waals surface area contributed by atoms with Crippen molar-refractivity contribution in [2.24, 2.45) is 5.92 Å². The summed E-state index contributed by atoms with van der Waals surface area (Å²) in [5, 5.41) is 0. The topological polar surface area (TPSA) is 49.0 Å². The van der Waals surface area contributed by atoms with Crippen LogP contribution in [0.1, 0.15) is 37.4 Å². The maximum atomic E-state index is 12.7. The van der Waals surface area contributed by atoms with E-state index in [9.17, 15) is 4.79 Å². The minimum atomic E-state index is 0.00326. The Hall–Kier alpha value is -2.46. The summed E-state index contributed by atoms with van der Waals surface area (Å²) in [5.74, 6) is 1.31. The fourth-order valence-corrected chi connectivity index (χ4v) is 4.12. The first-order valence-corrected chi connectivity index (χ1v) is 9.83. The van der Waals surface area contributed by atoms with Crippen LogP contribution in [0.25, 0.3) is 11.4 Å². The number of nitrogens with one attached hydrogen (secondary N) is 1. The minimum absolute atomic E-state index is 0.00326. The molecule has 0 fully saturated rings. The Kier molecular flexibility index (Phi) is 5.08. The number of aromatic amines is 1. The molecule has 0 saturated carbocycles. The second-order valence-electron chi connectivity index (χ2n) is 7.85. The van der Waals surface area contributed by atoms with Crippen LogP contribution in [0.15, 0.2) is 58.9 Å². The molecule has 0 amide bonds. The molecule has 2 aliphatic rings. The normalized spacial score (nSPS) is 20.0. The smallest absolute Gasteiger partial charge is 0.255 e. The lowest BCUT2D eigenvalue weighted by atomic mass is 9.85. The van der Waals surface area contributed by atoms with Crippen LogP contribution in [0, 0.1) is 5.92 Å². The van der Waals surface area contributed by atoms with Crippen molar-refractivity contribution in [1.82, 2.24) is 14.9 Å². The average molecular weight is 361 g/mol. The van der Waals surface area contributed by atoms with Crippen molar-refractivity contribution in [3.8, 4) is 11.4 Å². The van der Waals surface area contributed by atoms with Gasteiger partial charge in [0.1, 0.15) is 5.82 Å². The molecule has 1 aliphatic heterocycles. The van der Waals surface area contributed by atoms with Crippen LogP contribution in [0.2, 0.25) is 0 Å². The fraction of sp³-hybridized carbons (Fsp3) is 0.391. The van der Waals surface area contributed by atoms with Gasteiger partial charge in [-0.2, -0.15) is 0 Å². The number of allylic oxidation sites excluding steroid dienone is 2. The Morgan fingerprint density at radius 1 is 1.30 bits per heavy atom. The number of H-pyrrole nitrogens is 1. The van der Waals surface area contributed by atoms with Crippen molar-refractivity contribution in [3.05, 3.63) is 75.7 Å². The van der Waals surface area contributed by atoms with Crippen molar-refractivity contribution in [2.75, 3.05) is 13.1 Å². The van der Waals surface area contributed by atoms with Crippen LogP contribution in [-0.4, -0.2) is 28.0 Å².